The molecule has 0 saturated carbocycles. The van der Waals surface area contributed by atoms with E-state index in [0.717, 1.165) is 24.0 Å². The lowest BCUT2D eigenvalue weighted by atomic mass is 10.0. The lowest BCUT2D eigenvalue weighted by molar-refractivity contribution is 0.0742. The van der Waals surface area contributed by atoms with Crippen molar-refractivity contribution in [2.24, 2.45) is 0 Å². The van der Waals surface area contributed by atoms with Gasteiger partial charge in [0.15, 0.2) is 0 Å². The van der Waals surface area contributed by atoms with Gasteiger partial charge >= 0.3 is 0 Å². The van der Waals surface area contributed by atoms with E-state index in [2.05, 4.69) is 11.4 Å². The lowest BCUT2D eigenvalue weighted by Gasteiger charge is -2.26. The van der Waals surface area contributed by atoms with Crippen molar-refractivity contribution < 1.29 is 9.59 Å². The van der Waals surface area contributed by atoms with Gasteiger partial charge in [-0.05, 0) is 79.3 Å². The predicted octanol–water partition coefficient (Wildman–Crippen LogP) is 5.26. The highest BCUT2D eigenvalue weighted by molar-refractivity contribution is 6.04. The number of benzene rings is 3. The normalized spacial score (nSPS) is 13.4. The van der Waals surface area contributed by atoms with E-state index in [4.69, 9.17) is 0 Å². The SMILES string of the molecule is CC(c1cccc(NC(=O)c2ccccc2)c1)N(C)C(=O)c1ccc2c(c1)CCC2. The zero-order valence-corrected chi connectivity index (χ0v) is 17.4. The summed E-state index contributed by atoms with van der Waals surface area (Å²) in [7, 11) is 1.83. The molecule has 4 heteroatoms. The minimum Gasteiger partial charge on any atom is -0.335 e. The Labute approximate surface area is 177 Å². The van der Waals surface area contributed by atoms with Crippen molar-refractivity contribution in [3.63, 3.8) is 0 Å². The highest BCUT2D eigenvalue weighted by Crippen LogP contribution is 2.26. The molecule has 4 nitrogen and oxygen atoms in total. The molecule has 0 fully saturated rings. The number of carbonyl (C=O) groups excluding carboxylic acids is 2. The molecule has 0 heterocycles. The van der Waals surface area contributed by atoms with Crippen molar-refractivity contribution in [1.29, 1.82) is 0 Å². The molecule has 3 aromatic rings. The van der Waals surface area contributed by atoms with Crippen molar-refractivity contribution in [3.05, 3.63) is 101 Å². The van der Waals surface area contributed by atoms with Crippen LogP contribution in [0.5, 0.6) is 0 Å². The fourth-order valence-corrected chi connectivity index (χ4v) is 3.98. The largest absolute Gasteiger partial charge is 0.335 e. The van der Waals surface area contributed by atoms with E-state index < -0.39 is 0 Å². The van der Waals surface area contributed by atoms with Crippen molar-refractivity contribution in [1.82, 2.24) is 4.90 Å². The number of hydrogen-bond donors (Lipinski definition) is 1. The summed E-state index contributed by atoms with van der Waals surface area (Å²) in [6.07, 6.45) is 3.33. The summed E-state index contributed by atoms with van der Waals surface area (Å²) in [5.41, 5.74) is 5.69. The molecule has 0 bridgehead atoms. The van der Waals surface area contributed by atoms with Gasteiger partial charge < -0.3 is 10.2 Å². The molecule has 0 aliphatic heterocycles. The van der Waals surface area contributed by atoms with Gasteiger partial charge in [0.05, 0.1) is 6.04 Å². The van der Waals surface area contributed by atoms with Gasteiger partial charge in [-0.2, -0.15) is 0 Å². The number of nitrogens with zero attached hydrogens (tertiary/aromatic N) is 1. The van der Waals surface area contributed by atoms with Crippen molar-refractivity contribution in [2.45, 2.75) is 32.2 Å². The van der Waals surface area contributed by atoms with Gasteiger partial charge in [0.2, 0.25) is 0 Å². The maximum absolute atomic E-state index is 13.1. The van der Waals surface area contributed by atoms with Crippen LogP contribution in [-0.4, -0.2) is 23.8 Å². The molecular weight excluding hydrogens is 372 g/mol. The Hall–Kier alpha value is -3.40. The molecule has 0 aromatic heterocycles. The fraction of sp³-hybridized carbons (Fsp3) is 0.231. The second kappa shape index (κ2) is 8.54. The number of carbonyl (C=O) groups is 2. The average Bonchev–Trinajstić information content (AvgIpc) is 3.26. The van der Waals surface area contributed by atoms with Crippen LogP contribution in [0.15, 0.2) is 72.8 Å². The molecule has 30 heavy (non-hydrogen) atoms. The molecule has 0 spiro atoms. The van der Waals surface area contributed by atoms with Gasteiger partial charge in [-0.25, -0.2) is 0 Å². The van der Waals surface area contributed by atoms with Crippen LogP contribution < -0.4 is 5.32 Å². The average molecular weight is 399 g/mol. The van der Waals surface area contributed by atoms with Gasteiger partial charge in [0, 0.05) is 23.9 Å². The van der Waals surface area contributed by atoms with Crippen LogP contribution in [0, 0.1) is 0 Å². The Kier molecular flexibility index (Phi) is 5.66. The summed E-state index contributed by atoms with van der Waals surface area (Å²) in [6.45, 7) is 2.00. The highest BCUT2D eigenvalue weighted by Gasteiger charge is 2.21. The molecule has 3 aromatic carbocycles. The first-order chi connectivity index (χ1) is 14.5. The zero-order chi connectivity index (χ0) is 21.1. The van der Waals surface area contributed by atoms with Crippen LogP contribution in [0.4, 0.5) is 5.69 Å². The Morgan fingerprint density at radius 2 is 1.63 bits per heavy atom. The summed E-state index contributed by atoms with van der Waals surface area (Å²) in [5, 5.41) is 2.94. The minimum atomic E-state index is -0.150. The molecule has 0 radical (unpaired) electrons. The minimum absolute atomic E-state index is 0.0101. The maximum atomic E-state index is 13.1. The van der Waals surface area contributed by atoms with E-state index >= 15 is 0 Å². The standard InChI is InChI=1S/C26H26N2O2/c1-18(28(2)26(30)23-15-14-19-10-6-12-22(19)16-23)21-11-7-13-24(17-21)27-25(29)20-8-4-3-5-9-20/h3-5,7-9,11,13-18H,6,10,12H2,1-2H3,(H,27,29). The van der Waals surface area contributed by atoms with Crippen LogP contribution in [0.1, 0.15) is 56.8 Å². The quantitative estimate of drug-likeness (QED) is 0.637. The number of nitrogens with one attached hydrogen (secondary N) is 1. The molecule has 1 unspecified atom stereocenters. The van der Waals surface area contributed by atoms with E-state index in [1.54, 1.807) is 17.0 Å². The summed E-state index contributed by atoms with van der Waals surface area (Å²) in [5.74, 6) is -0.140. The Morgan fingerprint density at radius 1 is 0.867 bits per heavy atom. The second-order valence-electron chi connectivity index (χ2n) is 7.87. The fourth-order valence-electron chi connectivity index (χ4n) is 3.98. The number of fused-ring (bicyclic) bond motifs is 1. The molecular formula is C26H26N2O2. The van der Waals surface area contributed by atoms with Crippen molar-refractivity contribution in [2.75, 3.05) is 12.4 Å². The summed E-state index contributed by atoms with van der Waals surface area (Å²) in [4.78, 5) is 27.3. The molecule has 1 aliphatic carbocycles. The first kappa shape index (κ1) is 19.9. The summed E-state index contributed by atoms with van der Waals surface area (Å²) < 4.78 is 0. The second-order valence-corrected chi connectivity index (χ2v) is 7.87. The third-order valence-corrected chi connectivity index (χ3v) is 5.91. The van der Waals surface area contributed by atoms with Gasteiger partial charge in [-0.15, -0.1) is 0 Å². The van der Waals surface area contributed by atoms with E-state index in [0.29, 0.717) is 11.3 Å². The van der Waals surface area contributed by atoms with Crippen LogP contribution >= 0.6 is 0 Å². The predicted molar refractivity (Wildman–Crippen MR) is 120 cm³/mol. The van der Waals surface area contributed by atoms with Crippen LogP contribution in [0.3, 0.4) is 0 Å². The lowest BCUT2D eigenvalue weighted by Crippen LogP contribution is -2.29. The van der Waals surface area contributed by atoms with Crippen LogP contribution in [0.2, 0.25) is 0 Å². The molecule has 0 saturated heterocycles. The molecule has 152 valence electrons. The van der Waals surface area contributed by atoms with Crippen LogP contribution in [0.25, 0.3) is 0 Å². The van der Waals surface area contributed by atoms with Gasteiger partial charge in [-0.1, -0.05) is 36.4 Å². The molecule has 1 N–H and O–H groups in total. The van der Waals surface area contributed by atoms with Gasteiger partial charge in [0.1, 0.15) is 0 Å². The number of amides is 2. The van der Waals surface area contributed by atoms with E-state index in [9.17, 15) is 9.59 Å². The summed E-state index contributed by atoms with van der Waals surface area (Å²) in [6, 6.07) is 22.7. The van der Waals surface area contributed by atoms with Gasteiger partial charge in [0.25, 0.3) is 11.8 Å². The Morgan fingerprint density at radius 3 is 2.43 bits per heavy atom. The highest BCUT2D eigenvalue weighted by atomic mass is 16.2. The number of aryl methyl sites for hydroxylation is 2. The molecule has 2 amide bonds. The Balaban J connectivity index is 1.48. The topological polar surface area (TPSA) is 49.4 Å². The molecule has 4 rings (SSSR count). The van der Waals surface area contributed by atoms with E-state index in [1.165, 1.54) is 17.5 Å². The summed E-state index contributed by atoms with van der Waals surface area (Å²) >= 11 is 0. The Bertz CT molecular complexity index is 1080. The molecule has 1 aliphatic rings. The number of anilines is 1. The smallest absolute Gasteiger partial charge is 0.255 e. The molecule has 1 atom stereocenters. The van der Waals surface area contributed by atoms with E-state index in [1.807, 2.05) is 68.6 Å². The van der Waals surface area contributed by atoms with Crippen molar-refractivity contribution >= 4 is 17.5 Å². The third kappa shape index (κ3) is 4.13. The van der Waals surface area contributed by atoms with Gasteiger partial charge in [-0.3, -0.25) is 9.59 Å². The first-order valence-corrected chi connectivity index (χ1v) is 10.4. The third-order valence-electron chi connectivity index (χ3n) is 5.91. The number of rotatable bonds is 5. The zero-order valence-electron chi connectivity index (χ0n) is 17.4. The van der Waals surface area contributed by atoms with Crippen molar-refractivity contribution in [3.8, 4) is 0 Å². The maximum Gasteiger partial charge on any atom is 0.255 e. The number of hydrogen-bond acceptors (Lipinski definition) is 2. The van der Waals surface area contributed by atoms with E-state index in [-0.39, 0.29) is 17.9 Å². The first-order valence-electron chi connectivity index (χ1n) is 10.4. The van der Waals surface area contributed by atoms with Crippen LogP contribution in [-0.2, 0) is 12.8 Å². The monoisotopic (exact) mass is 398 g/mol.